The Morgan fingerprint density at radius 1 is 1.25 bits per heavy atom. The Balaban J connectivity index is 2.34. The van der Waals surface area contributed by atoms with Crippen LogP contribution in [-0.2, 0) is 6.42 Å². The van der Waals surface area contributed by atoms with E-state index in [1.165, 1.54) is 12.1 Å². The third-order valence-electron chi connectivity index (χ3n) is 3.14. The summed E-state index contributed by atoms with van der Waals surface area (Å²) >= 11 is 9.03. The fourth-order valence-corrected chi connectivity index (χ4v) is 2.65. The van der Waals surface area contributed by atoms with Gasteiger partial charge in [-0.1, -0.05) is 23.7 Å². The van der Waals surface area contributed by atoms with E-state index in [4.69, 9.17) is 11.6 Å². The van der Waals surface area contributed by atoms with E-state index < -0.39 is 0 Å². The molecule has 2 aromatic rings. The molecule has 0 radical (unpaired) electrons. The molecule has 1 unspecified atom stereocenters. The number of benzene rings is 2. The zero-order valence-corrected chi connectivity index (χ0v) is 13.1. The van der Waals surface area contributed by atoms with Crippen molar-refractivity contribution in [2.45, 2.75) is 12.5 Å². The van der Waals surface area contributed by atoms with Crippen molar-refractivity contribution in [3.8, 4) is 0 Å². The molecule has 106 valence electrons. The van der Waals surface area contributed by atoms with Crippen LogP contribution < -0.4 is 5.32 Å². The van der Waals surface area contributed by atoms with E-state index in [9.17, 15) is 8.78 Å². The molecule has 0 fully saturated rings. The number of hydrogen-bond donors (Lipinski definition) is 1. The molecule has 0 heterocycles. The average Bonchev–Trinajstić information content (AvgIpc) is 2.43. The molecule has 0 aromatic heterocycles. The van der Waals surface area contributed by atoms with Gasteiger partial charge in [0, 0.05) is 16.6 Å². The predicted octanol–water partition coefficient (Wildman–Crippen LogP) is 4.88. The summed E-state index contributed by atoms with van der Waals surface area (Å²) in [5.41, 5.74) is 0.942. The van der Waals surface area contributed by atoms with Crippen molar-refractivity contribution in [3.05, 3.63) is 68.7 Å². The number of nitrogens with one attached hydrogen (secondary N) is 1. The highest BCUT2D eigenvalue weighted by atomic mass is 79.9. The van der Waals surface area contributed by atoms with Gasteiger partial charge in [-0.05, 0) is 59.2 Å². The second-order valence-electron chi connectivity index (χ2n) is 4.42. The van der Waals surface area contributed by atoms with Gasteiger partial charge in [0.1, 0.15) is 11.6 Å². The molecule has 2 rings (SSSR count). The second kappa shape index (κ2) is 6.66. The molecular weight excluding hydrogens is 348 g/mol. The van der Waals surface area contributed by atoms with Crippen molar-refractivity contribution in [1.29, 1.82) is 0 Å². The lowest BCUT2D eigenvalue weighted by Gasteiger charge is -2.18. The summed E-state index contributed by atoms with van der Waals surface area (Å²) in [6, 6.07) is 9.12. The molecule has 5 heteroatoms. The summed E-state index contributed by atoms with van der Waals surface area (Å²) in [5, 5.41) is 3.47. The van der Waals surface area contributed by atoms with Crippen LogP contribution in [0.2, 0.25) is 5.02 Å². The first-order valence-corrected chi connectivity index (χ1v) is 7.25. The van der Waals surface area contributed by atoms with E-state index in [0.717, 1.165) is 0 Å². The smallest absolute Gasteiger partial charge is 0.142 e. The third-order valence-corrected chi connectivity index (χ3v) is 3.98. The van der Waals surface area contributed by atoms with Crippen molar-refractivity contribution < 1.29 is 8.78 Å². The Labute approximate surface area is 130 Å². The summed E-state index contributed by atoms with van der Waals surface area (Å²) in [6.07, 6.45) is 0.316. The van der Waals surface area contributed by atoms with Crippen LogP contribution in [0.15, 0.2) is 40.9 Å². The first kappa shape index (κ1) is 15.4. The zero-order valence-electron chi connectivity index (χ0n) is 10.8. The zero-order chi connectivity index (χ0) is 14.7. The minimum atomic E-state index is -0.343. The fraction of sp³-hybridized carbons (Fsp3) is 0.200. The van der Waals surface area contributed by atoms with Crippen molar-refractivity contribution >= 4 is 27.5 Å². The van der Waals surface area contributed by atoms with Gasteiger partial charge < -0.3 is 5.32 Å². The van der Waals surface area contributed by atoms with Gasteiger partial charge in [0.2, 0.25) is 0 Å². The third kappa shape index (κ3) is 3.37. The number of halogens is 4. The summed E-state index contributed by atoms with van der Waals surface area (Å²) < 4.78 is 28.3. The molecular formula is C15H13BrClF2N. The summed E-state index contributed by atoms with van der Waals surface area (Å²) in [7, 11) is 1.72. The van der Waals surface area contributed by atoms with Crippen LogP contribution in [0.3, 0.4) is 0 Å². The van der Waals surface area contributed by atoms with Crippen LogP contribution >= 0.6 is 27.5 Å². The van der Waals surface area contributed by atoms with E-state index in [1.807, 2.05) is 0 Å². The Morgan fingerprint density at radius 2 is 2.00 bits per heavy atom. The van der Waals surface area contributed by atoms with Crippen molar-refractivity contribution in [2.75, 3.05) is 7.05 Å². The van der Waals surface area contributed by atoms with Crippen LogP contribution in [0.5, 0.6) is 0 Å². The molecule has 1 atom stereocenters. The van der Waals surface area contributed by atoms with E-state index >= 15 is 0 Å². The van der Waals surface area contributed by atoms with E-state index in [1.54, 1.807) is 31.3 Å². The molecule has 0 saturated heterocycles. The molecule has 1 N–H and O–H groups in total. The standard InChI is InChI=1S/C15H13BrClF2N/c1-20-14(11-3-2-4-12(16)15(11)19)8-9-7-10(17)5-6-13(9)18/h2-7,14,20H,8H2,1H3. The largest absolute Gasteiger partial charge is 0.313 e. The first-order valence-electron chi connectivity index (χ1n) is 6.08. The fourth-order valence-electron chi connectivity index (χ4n) is 2.08. The first-order chi connectivity index (χ1) is 9.52. The molecule has 1 nitrogen and oxygen atoms in total. The quantitative estimate of drug-likeness (QED) is 0.819. The van der Waals surface area contributed by atoms with Gasteiger partial charge >= 0.3 is 0 Å². The molecule has 2 aromatic carbocycles. The van der Waals surface area contributed by atoms with Crippen LogP contribution in [0.1, 0.15) is 17.2 Å². The molecule has 0 amide bonds. The molecule has 0 aliphatic rings. The van der Waals surface area contributed by atoms with Crippen molar-refractivity contribution in [3.63, 3.8) is 0 Å². The number of likely N-dealkylation sites (N-methyl/N-ethyl adjacent to an activating group) is 1. The van der Waals surface area contributed by atoms with E-state index in [2.05, 4.69) is 21.2 Å². The Kier molecular flexibility index (Phi) is 5.13. The van der Waals surface area contributed by atoms with Crippen molar-refractivity contribution in [1.82, 2.24) is 5.32 Å². The molecule has 0 saturated carbocycles. The maximum absolute atomic E-state index is 14.1. The van der Waals surface area contributed by atoms with Gasteiger partial charge in [-0.2, -0.15) is 0 Å². The van der Waals surface area contributed by atoms with Crippen LogP contribution in [-0.4, -0.2) is 7.05 Å². The van der Waals surface area contributed by atoms with Gasteiger partial charge in [-0.3, -0.25) is 0 Å². The van der Waals surface area contributed by atoms with Gasteiger partial charge in [0.25, 0.3) is 0 Å². The highest BCUT2D eigenvalue weighted by Gasteiger charge is 2.18. The van der Waals surface area contributed by atoms with Crippen LogP contribution in [0.4, 0.5) is 8.78 Å². The molecule has 0 bridgehead atoms. The normalized spacial score (nSPS) is 12.4. The topological polar surface area (TPSA) is 12.0 Å². The minimum Gasteiger partial charge on any atom is -0.313 e. The summed E-state index contributed by atoms with van der Waals surface area (Å²) in [6.45, 7) is 0. The van der Waals surface area contributed by atoms with Crippen LogP contribution in [0, 0.1) is 11.6 Å². The summed E-state index contributed by atoms with van der Waals surface area (Å²) in [4.78, 5) is 0. The Hall–Kier alpha value is -0.970. The highest BCUT2D eigenvalue weighted by Crippen LogP contribution is 2.27. The lowest BCUT2D eigenvalue weighted by atomic mass is 9.98. The van der Waals surface area contributed by atoms with Crippen molar-refractivity contribution in [2.24, 2.45) is 0 Å². The van der Waals surface area contributed by atoms with Gasteiger partial charge in [0.15, 0.2) is 0 Å². The SMILES string of the molecule is CNC(Cc1cc(Cl)ccc1F)c1cccc(Br)c1F. The monoisotopic (exact) mass is 359 g/mol. The predicted molar refractivity (Wildman–Crippen MR) is 81.0 cm³/mol. The van der Waals surface area contributed by atoms with Gasteiger partial charge in [0.05, 0.1) is 4.47 Å². The summed E-state index contributed by atoms with van der Waals surface area (Å²) in [5.74, 6) is -0.681. The average molecular weight is 361 g/mol. The highest BCUT2D eigenvalue weighted by molar-refractivity contribution is 9.10. The number of hydrogen-bond acceptors (Lipinski definition) is 1. The molecule has 0 aliphatic heterocycles. The molecule has 20 heavy (non-hydrogen) atoms. The molecule has 0 aliphatic carbocycles. The van der Waals surface area contributed by atoms with E-state index in [0.29, 0.717) is 27.0 Å². The van der Waals surface area contributed by atoms with Crippen LogP contribution in [0.25, 0.3) is 0 Å². The second-order valence-corrected chi connectivity index (χ2v) is 5.71. The van der Waals surface area contributed by atoms with Gasteiger partial charge in [-0.25, -0.2) is 8.78 Å². The Bertz CT molecular complexity index is 619. The van der Waals surface area contributed by atoms with Gasteiger partial charge in [-0.15, -0.1) is 0 Å². The minimum absolute atomic E-state index is 0.316. The Morgan fingerprint density at radius 3 is 2.70 bits per heavy atom. The lowest BCUT2D eigenvalue weighted by molar-refractivity contribution is 0.517. The van der Waals surface area contributed by atoms with E-state index in [-0.39, 0.29) is 17.7 Å². The maximum atomic E-state index is 14.1. The maximum Gasteiger partial charge on any atom is 0.142 e. The number of rotatable bonds is 4. The lowest BCUT2D eigenvalue weighted by Crippen LogP contribution is -2.20. The molecule has 0 spiro atoms.